The predicted molar refractivity (Wildman–Crippen MR) is 122 cm³/mol. The van der Waals surface area contributed by atoms with Crippen LogP contribution < -0.4 is 20.7 Å². The first-order chi connectivity index (χ1) is 14.8. The summed E-state index contributed by atoms with van der Waals surface area (Å²) in [7, 11) is 6.17. The number of ether oxygens (including phenoxy) is 2. The van der Waals surface area contributed by atoms with Crippen LogP contribution in [0.5, 0.6) is 11.5 Å². The number of methoxy groups -OCH3 is 2. The molecule has 9 heteroatoms. The maximum Gasteiger partial charge on any atom is 0.330 e. The fraction of sp³-hybridized carbons (Fsp3) is 0.182. The minimum atomic E-state index is -0.421. The Morgan fingerprint density at radius 2 is 1.58 bits per heavy atom. The van der Waals surface area contributed by atoms with Crippen LogP contribution in [0.3, 0.4) is 0 Å². The summed E-state index contributed by atoms with van der Waals surface area (Å²) in [6, 6.07) is 10.4. The molecule has 2 aromatic carbocycles. The van der Waals surface area contributed by atoms with E-state index >= 15 is 0 Å². The van der Waals surface area contributed by atoms with Crippen molar-refractivity contribution in [1.82, 2.24) is 13.7 Å². The number of rotatable bonds is 4. The molecule has 0 aliphatic heterocycles. The van der Waals surface area contributed by atoms with Crippen molar-refractivity contribution >= 4 is 34.1 Å². The molecule has 0 bridgehead atoms. The van der Waals surface area contributed by atoms with Gasteiger partial charge in [-0.2, -0.15) is 0 Å². The number of nitrogens with zero attached hydrogens (tertiary/aromatic N) is 3. The van der Waals surface area contributed by atoms with Crippen molar-refractivity contribution in [2.75, 3.05) is 14.2 Å². The van der Waals surface area contributed by atoms with Crippen LogP contribution in [0.25, 0.3) is 27.8 Å². The van der Waals surface area contributed by atoms with Crippen LogP contribution in [-0.4, -0.2) is 27.9 Å². The van der Waals surface area contributed by atoms with Gasteiger partial charge in [0.15, 0.2) is 11.5 Å². The largest absolute Gasteiger partial charge is 0.493 e. The molecule has 2 aromatic heterocycles. The molecular formula is C22H19Cl2N3O4. The zero-order valence-corrected chi connectivity index (χ0v) is 18.8. The highest BCUT2D eigenvalue weighted by atomic mass is 35.5. The van der Waals surface area contributed by atoms with Gasteiger partial charge >= 0.3 is 5.69 Å². The van der Waals surface area contributed by atoms with Crippen molar-refractivity contribution in [1.29, 1.82) is 0 Å². The predicted octanol–water partition coefficient (Wildman–Crippen LogP) is 4.02. The van der Waals surface area contributed by atoms with E-state index < -0.39 is 11.2 Å². The van der Waals surface area contributed by atoms with Gasteiger partial charge in [-0.25, -0.2) is 4.79 Å². The van der Waals surface area contributed by atoms with Crippen molar-refractivity contribution < 1.29 is 9.47 Å². The van der Waals surface area contributed by atoms with Gasteiger partial charge in [0, 0.05) is 42.6 Å². The number of hydrogen-bond acceptors (Lipinski definition) is 4. The van der Waals surface area contributed by atoms with E-state index in [1.165, 1.54) is 11.6 Å². The van der Waals surface area contributed by atoms with Crippen LogP contribution >= 0.6 is 23.2 Å². The molecule has 2 heterocycles. The molecule has 0 unspecified atom stereocenters. The molecule has 0 N–H and O–H groups in total. The van der Waals surface area contributed by atoms with Gasteiger partial charge in [-0.15, -0.1) is 0 Å². The molecule has 0 fully saturated rings. The Labute approximate surface area is 187 Å². The van der Waals surface area contributed by atoms with E-state index in [2.05, 4.69) is 0 Å². The van der Waals surface area contributed by atoms with E-state index in [9.17, 15) is 9.59 Å². The number of aryl methyl sites for hydroxylation is 1. The van der Waals surface area contributed by atoms with Crippen LogP contribution in [0.2, 0.25) is 10.0 Å². The summed E-state index contributed by atoms with van der Waals surface area (Å²) >= 11 is 12.6. The smallest absolute Gasteiger partial charge is 0.330 e. The van der Waals surface area contributed by atoms with Crippen molar-refractivity contribution in [2.45, 2.75) is 0 Å². The van der Waals surface area contributed by atoms with E-state index in [-0.39, 0.29) is 0 Å². The second-order valence-electron chi connectivity index (χ2n) is 6.98. The monoisotopic (exact) mass is 459 g/mol. The zero-order chi connectivity index (χ0) is 22.4. The average Bonchev–Trinajstić information content (AvgIpc) is 3.16. The van der Waals surface area contributed by atoms with E-state index in [1.54, 1.807) is 57.8 Å². The Morgan fingerprint density at radius 3 is 2.23 bits per heavy atom. The first-order valence-corrected chi connectivity index (χ1v) is 10.0. The number of fused-ring (bicyclic) bond motifs is 1. The lowest BCUT2D eigenvalue weighted by Crippen LogP contribution is -2.36. The Balaban J connectivity index is 2.18. The molecule has 7 nitrogen and oxygen atoms in total. The van der Waals surface area contributed by atoms with Crippen molar-refractivity contribution in [2.24, 2.45) is 14.1 Å². The first-order valence-electron chi connectivity index (χ1n) is 9.27. The van der Waals surface area contributed by atoms with Crippen LogP contribution in [0, 0.1) is 0 Å². The molecule has 31 heavy (non-hydrogen) atoms. The average molecular weight is 460 g/mol. The minimum Gasteiger partial charge on any atom is -0.493 e. The summed E-state index contributed by atoms with van der Waals surface area (Å²) in [6.07, 6.45) is 1.74. The third kappa shape index (κ3) is 3.30. The second kappa shape index (κ2) is 7.83. The van der Waals surface area contributed by atoms with Crippen LogP contribution in [-0.2, 0) is 14.1 Å². The number of halogens is 2. The van der Waals surface area contributed by atoms with Gasteiger partial charge in [0.05, 0.1) is 35.8 Å². The summed E-state index contributed by atoms with van der Waals surface area (Å²) in [4.78, 5) is 25.7. The van der Waals surface area contributed by atoms with E-state index in [4.69, 9.17) is 32.7 Å². The van der Waals surface area contributed by atoms with Crippen LogP contribution in [0.1, 0.15) is 0 Å². The molecule has 0 atom stereocenters. The Morgan fingerprint density at radius 1 is 0.871 bits per heavy atom. The van der Waals surface area contributed by atoms with Gasteiger partial charge in [-0.05, 0) is 30.3 Å². The Hall–Kier alpha value is -3.16. The lowest BCUT2D eigenvalue weighted by molar-refractivity contribution is 0.355. The Kier molecular flexibility index (Phi) is 5.33. The lowest BCUT2D eigenvalue weighted by atomic mass is 10.1. The lowest BCUT2D eigenvalue weighted by Gasteiger charge is -2.14. The topological polar surface area (TPSA) is 67.4 Å². The third-order valence-corrected chi connectivity index (χ3v) is 5.82. The molecule has 0 amide bonds. The van der Waals surface area contributed by atoms with E-state index in [1.807, 2.05) is 10.6 Å². The number of aromatic nitrogens is 3. The van der Waals surface area contributed by atoms with Gasteiger partial charge in [0.1, 0.15) is 0 Å². The van der Waals surface area contributed by atoms with Gasteiger partial charge in [-0.1, -0.05) is 23.2 Å². The normalized spacial score (nSPS) is 11.2. The van der Waals surface area contributed by atoms with Gasteiger partial charge < -0.3 is 14.0 Å². The quantitative estimate of drug-likeness (QED) is 0.462. The molecule has 0 radical (unpaired) electrons. The van der Waals surface area contributed by atoms with Crippen molar-refractivity contribution in [3.63, 3.8) is 0 Å². The molecule has 0 saturated carbocycles. The molecule has 4 rings (SSSR count). The van der Waals surface area contributed by atoms with Gasteiger partial charge in [0.25, 0.3) is 5.56 Å². The SMILES string of the molecule is COc1ccc(-n2cc3c(c2-c2ccc(Cl)cc2Cl)c(=O)n(C)c(=O)n3C)cc1OC. The fourth-order valence-corrected chi connectivity index (χ4v) is 4.16. The van der Waals surface area contributed by atoms with Crippen molar-refractivity contribution in [3.05, 3.63) is 73.5 Å². The molecule has 0 aliphatic carbocycles. The fourth-order valence-electron chi connectivity index (χ4n) is 3.67. The Bertz CT molecular complexity index is 1450. The molecular weight excluding hydrogens is 441 g/mol. The maximum atomic E-state index is 13.2. The van der Waals surface area contributed by atoms with Gasteiger partial charge in [0.2, 0.25) is 0 Å². The van der Waals surface area contributed by atoms with Crippen LogP contribution in [0.4, 0.5) is 0 Å². The highest BCUT2D eigenvalue weighted by Gasteiger charge is 2.22. The molecule has 0 spiro atoms. The standard InChI is InChI=1S/C22H19Cl2N3O4/c1-25-16-11-27(13-6-8-17(30-3)18(10-13)31-4)20(14-7-5-12(23)9-15(14)24)19(16)21(28)26(2)22(25)29/h5-11H,1-4H3. The molecule has 4 aromatic rings. The second-order valence-corrected chi connectivity index (χ2v) is 7.82. The summed E-state index contributed by atoms with van der Waals surface area (Å²) in [5.74, 6) is 1.09. The van der Waals surface area contributed by atoms with Crippen LogP contribution in [0.15, 0.2) is 52.2 Å². The highest BCUT2D eigenvalue weighted by molar-refractivity contribution is 6.36. The number of hydrogen-bond donors (Lipinski definition) is 0. The summed E-state index contributed by atoms with van der Waals surface area (Å²) < 4.78 is 15.1. The summed E-state index contributed by atoms with van der Waals surface area (Å²) in [5.41, 5.74) is 1.48. The van der Waals surface area contributed by atoms with Crippen molar-refractivity contribution in [3.8, 4) is 28.4 Å². The summed E-state index contributed by atoms with van der Waals surface area (Å²) in [5, 5.41) is 1.22. The van der Waals surface area contributed by atoms with E-state index in [0.29, 0.717) is 49.4 Å². The third-order valence-electron chi connectivity index (χ3n) is 5.27. The minimum absolute atomic E-state index is 0.364. The van der Waals surface area contributed by atoms with Gasteiger partial charge in [-0.3, -0.25) is 13.9 Å². The zero-order valence-electron chi connectivity index (χ0n) is 17.3. The number of benzene rings is 2. The van der Waals surface area contributed by atoms with E-state index in [0.717, 1.165) is 4.57 Å². The maximum absolute atomic E-state index is 13.2. The first kappa shape index (κ1) is 21.1. The molecule has 0 aliphatic rings. The molecule has 160 valence electrons. The highest BCUT2D eigenvalue weighted by Crippen LogP contribution is 2.38. The summed E-state index contributed by atoms with van der Waals surface area (Å²) in [6.45, 7) is 0. The molecule has 0 saturated heterocycles.